The Morgan fingerprint density at radius 3 is 2.74 bits per heavy atom. The lowest BCUT2D eigenvalue weighted by Crippen LogP contribution is -2.00. The van der Waals surface area contributed by atoms with E-state index in [0.29, 0.717) is 10.5 Å². The number of hydrogen-bond donors (Lipinski definition) is 1. The summed E-state index contributed by atoms with van der Waals surface area (Å²) in [5.74, 6) is 1.52. The van der Waals surface area contributed by atoms with Gasteiger partial charge in [-0.3, -0.25) is 0 Å². The molecule has 4 nitrogen and oxygen atoms in total. The average molecular weight is 275 g/mol. The summed E-state index contributed by atoms with van der Waals surface area (Å²) in [5, 5.41) is 0. The van der Waals surface area contributed by atoms with Gasteiger partial charge in [-0.1, -0.05) is 19.1 Å². The first-order valence-corrected chi connectivity index (χ1v) is 6.66. The minimum Gasteiger partial charge on any atom is -0.481 e. The molecule has 0 unspecified atom stereocenters. The first kappa shape index (κ1) is 13.7. The van der Waals surface area contributed by atoms with Crippen LogP contribution in [0.15, 0.2) is 18.3 Å². The minimum atomic E-state index is 0.600. The Morgan fingerprint density at radius 1 is 1.37 bits per heavy atom. The Kier molecular flexibility index (Phi) is 4.27. The molecule has 1 N–H and O–H groups in total. The van der Waals surface area contributed by atoms with E-state index in [4.69, 9.17) is 17.0 Å². The predicted octanol–water partition coefficient (Wildman–Crippen LogP) is 3.47. The number of aromatic amines is 1. The fourth-order valence-electron chi connectivity index (χ4n) is 1.87. The molecule has 2 rings (SSSR count). The molecule has 19 heavy (non-hydrogen) atoms. The quantitative estimate of drug-likeness (QED) is 0.868. The van der Waals surface area contributed by atoms with Crippen molar-refractivity contribution in [2.45, 2.75) is 26.7 Å². The maximum atomic E-state index is 5.31. The van der Waals surface area contributed by atoms with Crippen LogP contribution < -0.4 is 4.74 Å². The van der Waals surface area contributed by atoms with Crippen molar-refractivity contribution < 1.29 is 4.74 Å². The van der Waals surface area contributed by atoms with Crippen LogP contribution in [0.2, 0.25) is 0 Å². The van der Waals surface area contributed by atoms with Gasteiger partial charge in [-0.2, -0.15) is 0 Å². The van der Waals surface area contributed by atoms with Gasteiger partial charge in [-0.05, 0) is 19.4 Å². The zero-order chi connectivity index (χ0) is 13.8. The summed E-state index contributed by atoms with van der Waals surface area (Å²) >= 11 is 5.31. The highest BCUT2D eigenvalue weighted by Crippen LogP contribution is 2.22. The Bertz CT molecular complexity index is 620. The van der Waals surface area contributed by atoms with Crippen LogP contribution in [-0.2, 0) is 6.42 Å². The van der Waals surface area contributed by atoms with E-state index in [9.17, 15) is 0 Å². The van der Waals surface area contributed by atoms with Gasteiger partial charge in [0, 0.05) is 29.8 Å². The monoisotopic (exact) mass is 275 g/mol. The molecule has 0 aromatic carbocycles. The summed E-state index contributed by atoms with van der Waals surface area (Å²) in [7, 11) is 1.60. The van der Waals surface area contributed by atoms with Crippen molar-refractivity contribution in [3.63, 3.8) is 0 Å². The van der Waals surface area contributed by atoms with Crippen LogP contribution in [0.25, 0.3) is 11.3 Å². The average Bonchev–Trinajstić information content (AvgIpc) is 2.43. The van der Waals surface area contributed by atoms with Crippen molar-refractivity contribution in [3.05, 3.63) is 34.4 Å². The van der Waals surface area contributed by atoms with Gasteiger partial charge in [-0.25, -0.2) is 9.97 Å². The number of pyridine rings is 1. The van der Waals surface area contributed by atoms with Crippen LogP contribution >= 0.6 is 12.2 Å². The third-order valence-corrected chi connectivity index (χ3v) is 3.32. The van der Waals surface area contributed by atoms with Crippen molar-refractivity contribution in [1.82, 2.24) is 15.0 Å². The van der Waals surface area contributed by atoms with E-state index in [1.807, 2.05) is 19.1 Å². The number of aryl methyl sites for hydroxylation is 1. The molecule has 0 amide bonds. The molecule has 2 heterocycles. The Labute approximate surface area is 117 Å². The zero-order valence-electron chi connectivity index (χ0n) is 11.4. The molecular formula is C14H17N3OS. The third kappa shape index (κ3) is 2.98. The van der Waals surface area contributed by atoms with Crippen molar-refractivity contribution in [3.8, 4) is 17.1 Å². The third-order valence-electron chi connectivity index (χ3n) is 2.92. The van der Waals surface area contributed by atoms with E-state index in [2.05, 4.69) is 21.9 Å². The van der Waals surface area contributed by atoms with Gasteiger partial charge < -0.3 is 9.72 Å². The fourth-order valence-corrected chi connectivity index (χ4v) is 2.08. The lowest BCUT2D eigenvalue weighted by molar-refractivity contribution is 0.398. The molecule has 0 aliphatic carbocycles. The molecule has 0 atom stereocenters. The van der Waals surface area contributed by atoms with Crippen molar-refractivity contribution in [2.75, 3.05) is 7.11 Å². The number of nitrogens with zero attached hydrogens (tertiary/aromatic N) is 2. The van der Waals surface area contributed by atoms with Gasteiger partial charge in [0.2, 0.25) is 5.88 Å². The van der Waals surface area contributed by atoms with Crippen LogP contribution in [0.5, 0.6) is 5.88 Å². The van der Waals surface area contributed by atoms with Gasteiger partial charge in [0.05, 0.1) is 12.8 Å². The predicted molar refractivity (Wildman–Crippen MR) is 77.9 cm³/mol. The molecule has 5 heteroatoms. The number of nitrogens with one attached hydrogen (secondary N) is 1. The minimum absolute atomic E-state index is 0.600. The topological polar surface area (TPSA) is 50.8 Å². The second kappa shape index (κ2) is 5.93. The number of H-pyrrole nitrogens is 1. The molecule has 0 saturated carbocycles. The maximum absolute atomic E-state index is 5.31. The summed E-state index contributed by atoms with van der Waals surface area (Å²) in [5.41, 5.74) is 2.95. The molecule has 0 aliphatic rings. The molecule has 0 radical (unpaired) electrons. The second-order valence-electron chi connectivity index (χ2n) is 4.33. The molecule has 2 aromatic rings. The number of rotatable bonds is 4. The van der Waals surface area contributed by atoms with Gasteiger partial charge in [0.1, 0.15) is 10.5 Å². The smallest absolute Gasteiger partial charge is 0.212 e. The van der Waals surface area contributed by atoms with Crippen LogP contribution in [0.1, 0.15) is 24.7 Å². The largest absolute Gasteiger partial charge is 0.481 e. The lowest BCUT2D eigenvalue weighted by atomic mass is 10.1. The highest BCUT2D eigenvalue weighted by atomic mass is 32.1. The van der Waals surface area contributed by atoms with E-state index in [1.165, 1.54) is 0 Å². The van der Waals surface area contributed by atoms with Crippen molar-refractivity contribution in [2.24, 2.45) is 0 Å². The summed E-state index contributed by atoms with van der Waals surface area (Å²) in [6.07, 6.45) is 3.70. The molecular weight excluding hydrogens is 258 g/mol. The van der Waals surface area contributed by atoms with Crippen LogP contribution in [0, 0.1) is 11.6 Å². The SMILES string of the molecule is CCCc1nc(=S)c(C)c(-c2ccc(OC)nc2)[nH]1. The number of methoxy groups -OCH3 is 1. The van der Waals surface area contributed by atoms with Gasteiger partial charge >= 0.3 is 0 Å². The highest BCUT2D eigenvalue weighted by molar-refractivity contribution is 7.71. The first-order chi connectivity index (χ1) is 9.15. The van der Waals surface area contributed by atoms with Crippen LogP contribution in [-0.4, -0.2) is 22.1 Å². The molecule has 0 saturated heterocycles. The summed E-state index contributed by atoms with van der Waals surface area (Å²) in [6.45, 7) is 4.09. The zero-order valence-corrected chi connectivity index (χ0v) is 12.2. The number of ether oxygens (including phenoxy) is 1. The Hall–Kier alpha value is -1.75. The van der Waals surface area contributed by atoms with Crippen molar-refractivity contribution >= 4 is 12.2 Å². The highest BCUT2D eigenvalue weighted by Gasteiger charge is 2.07. The maximum Gasteiger partial charge on any atom is 0.212 e. The van der Waals surface area contributed by atoms with E-state index in [1.54, 1.807) is 13.3 Å². The van der Waals surface area contributed by atoms with Gasteiger partial charge in [-0.15, -0.1) is 0 Å². The normalized spacial score (nSPS) is 10.5. The van der Waals surface area contributed by atoms with Crippen LogP contribution in [0.3, 0.4) is 0 Å². The van der Waals surface area contributed by atoms with E-state index in [0.717, 1.165) is 35.5 Å². The molecule has 100 valence electrons. The van der Waals surface area contributed by atoms with E-state index < -0.39 is 0 Å². The molecule has 0 spiro atoms. The van der Waals surface area contributed by atoms with Gasteiger partial charge in [0.25, 0.3) is 0 Å². The molecule has 2 aromatic heterocycles. The first-order valence-electron chi connectivity index (χ1n) is 6.26. The van der Waals surface area contributed by atoms with E-state index >= 15 is 0 Å². The Balaban J connectivity index is 2.50. The summed E-state index contributed by atoms with van der Waals surface area (Å²) in [6, 6.07) is 3.81. The molecule has 0 aliphatic heterocycles. The molecule has 0 fully saturated rings. The fraction of sp³-hybridized carbons (Fsp3) is 0.357. The number of hydrogen-bond acceptors (Lipinski definition) is 4. The standard InChI is InChI=1S/C14H17N3OS/c1-4-5-11-16-13(9(2)14(19)17-11)10-6-7-12(18-3)15-8-10/h6-8H,4-5H2,1-3H3,(H,16,17,19). The molecule has 0 bridgehead atoms. The van der Waals surface area contributed by atoms with Crippen LogP contribution in [0.4, 0.5) is 0 Å². The lowest BCUT2D eigenvalue weighted by Gasteiger charge is -2.09. The second-order valence-corrected chi connectivity index (χ2v) is 4.71. The van der Waals surface area contributed by atoms with Gasteiger partial charge in [0.15, 0.2) is 0 Å². The number of aromatic nitrogens is 3. The van der Waals surface area contributed by atoms with E-state index in [-0.39, 0.29) is 0 Å². The summed E-state index contributed by atoms with van der Waals surface area (Å²) < 4.78 is 5.71. The summed E-state index contributed by atoms with van der Waals surface area (Å²) in [4.78, 5) is 12.0. The Morgan fingerprint density at radius 2 is 2.16 bits per heavy atom. The van der Waals surface area contributed by atoms with Crippen molar-refractivity contribution in [1.29, 1.82) is 0 Å².